The lowest BCUT2D eigenvalue weighted by Crippen LogP contribution is -2.25. The summed E-state index contributed by atoms with van der Waals surface area (Å²) < 4.78 is 16.6. The lowest BCUT2D eigenvalue weighted by Gasteiger charge is -2.12. The number of rotatable bonds is 12. The van der Waals surface area contributed by atoms with Gasteiger partial charge in [0.2, 0.25) is 0 Å². The van der Waals surface area contributed by atoms with Crippen LogP contribution in [0.25, 0.3) is 11.1 Å². The molecule has 0 saturated heterocycles. The largest absolute Gasteiger partial charge is 0.494 e. The number of ether oxygens (including phenoxy) is 3. The molecule has 3 rings (SSSR count). The zero-order valence-corrected chi connectivity index (χ0v) is 21.8. The summed E-state index contributed by atoms with van der Waals surface area (Å²) >= 11 is 6.06. The third kappa shape index (κ3) is 8.13. The van der Waals surface area contributed by atoms with Gasteiger partial charge in [0, 0.05) is 0 Å². The molecule has 0 aliphatic heterocycles. The first-order valence-electron chi connectivity index (χ1n) is 12.4. The Kier molecular flexibility index (Phi) is 10.4. The van der Waals surface area contributed by atoms with Crippen molar-refractivity contribution in [3.63, 3.8) is 0 Å². The maximum Gasteiger partial charge on any atom is 0.343 e. The smallest absolute Gasteiger partial charge is 0.343 e. The number of alkyl halides is 1. The van der Waals surface area contributed by atoms with Crippen molar-refractivity contribution in [2.45, 2.75) is 51.8 Å². The van der Waals surface area contributed by atoms with Crippen molar-refractivity contribution in [3.8, 4) is 28.4 Å². The van der Waals surface area contributed by atoms with Gasteiger partial charge >= 0.3 is 11.9 Å². The number of hydrogen-bond donors (Lipinski definition) is 0. The fraction of sp³-hybridized carbons (Fsp3) is 0.333. The van der Waals surface area contributed by atoms with Crippen LogP contribution in [-0.2, 0) is 4.79 Å². The average Bonchev–Trinajstić information content (AvgIpc) is 2.89. The van der Waals surface area contributed by atoms with Gasteiger partial charge in [-0.05, 0) is 72.0 Å². The third-order valence-corrected chi connectivity index (χ3v) is 6.32. The molecule has 0 amide bonds. The normalized spacial score (nSPS) is 11.7. The first-order chi connectivity index (χ1) is 17.4. The van der Waals surface area contributed by atoms with Gasteiger partial charge in [-0.1, -0.05) is 64.3 Å². The minimum Gasteiger partial charge on any atom is -0.494 e. The Morgan fingerprint density at radius 3 is 1.78 bits per heavy atom. The Labute approximate surface area is 218 Å². The number of halogens is 1. The highest BCUT2D eigenvalue weighted by Gasteiger charge is 2.21. The van der Waals surface area contributed by atoms with Crippen LogP contribution < -0.4 is 14.2 Å². The van der Waals surface area contributed by atoms with Crippen LogP contribution in [0.4, 0.5) is 0 Å². The van der Waals surface area contributed by atoms with Gasteiger partial charge in [0.15, 0.2) is 0 Å². The molecule has 0 heterocycles. The van der Waals surface area contributed by atoms with E-state index in [-0.39, 0.29) is 5.92 Å². The zero-order valence-electron chi connectivity index (χ0n) is 21.0. The van der Waals surface area contributed by atoms with Crippen LogP contribution in [-0.4, -0.2) is 23.9 Å². The van der Waals surface area contributed by atoms with E-state index < -0.39 is 17.3 Å². The number of benzene rings is 3. The Hall–Kier alpha value is -3.31. The average molecular weight is 509 g/mol. The summed E-state index contributed by atoms with van der Waals surface area (Å²) in [5, 5.41) is -0.688. The molecule has 3 aromatic carbocycles. The Morgan fingerprint density at radius 1 is 0.722 bits per heavy atom. The highest BCUT2D eigenvalue weighted by Crippen LogP contribution is 2.26. The first kappa shape index (κ1) is 27.3. The van der Waals surface area contributed by atoms with Crippen LogP contribution in [0.5, 0.6) is 17.2 Å². The van der Waals surface area contributed by atoms with E-state index in [0.29, 0.717) is 23.7 Å². The molecule has 0 N–H and O–H groups in total. The SMILES string of the molecule is CCCCCCOc1ccc(C(=O)Oc2ccc(-c3ccc(OC(=O)[C@@H](Cl)C(C)C)cc3)cc2)cc1. The molecule has 190 valence electrons. The summed E-state index contributed by atoms with van der Waals surface area (Å²) in [4.78, 5) is 24.5. The molecular formula is C30H33ClO5. The monoisotopic (exact) mass is 508 g/mol. The van der Waals surface area contributed by atoms with E-state index in [2.05, 4.69) is 6.92 Å². The summed E-state index contributed by atoms with van der Waals surface area (Å²) in [5.41, 5.74) is 2.33. The van der Waals surface area contributed by atoms with Gasteiger partial charge in [0.1, 0.15) is 22.6 Å². The maximum absolute atomic E-state index is 12.5. The van der Waals surface area contributed by atoms with Gasteiger partial charge in [0.05, 0.1) is 12.2 Å². The quantitative estimate of drug-likeness (QED) is 0.108. The van der Waals surface area contributed by atoms with Crippen molar-refractivity contribution >= 4 is 23.5 Å². The van der Waals surface area contributed by atoms with Crippen LogP contribution in [0, 0.1) is 5.92 Å². The lowest BCUT2D eigenvalue weighted by atomic mass is 10.1. The standard InChI is InChI=1S/C30H33ClO5/c1-4-5-6-7-20-34-25-14-12-24(13-15-25)29(32)35-26-16-8-22(9-17-26)23-10-18-27(19-11-23)36-30(33)28(31)21(2)3/h8-19,21,28H,4-7,20H2,1-3H3/t28-/m0/s1. The minimum atomic E-state index is -0.688. The van der Waals surface area contributed by atoms with Crippen LogP contribution in [0.2, 0.25) is 0 Å². The second kappa shape index (κ2) is 13.7. The second-order valence-corrected chi connectivity index (χ2v) is 9.41. The lowest BCUT2D eigenvalue weighted by molar-refractivity contribution is -0.134. The van der Waals surface area contributed by atoms with Crippen LogP contribution in [0.3, 0.4) is 0 Å². The van der Waals surface area contributed by atoms with Crippen molar-refractivity contribution in [2.75, 3.05) is 6.61 Å². The molecule has 0 aliphatic carbocycles. The first-order valence-corrected chi connectivity index (χ1v) is 12.8. The Bertz CT molecular complexity index is 1110. The van der Waals surface area contributed by atoms with E-state index in [1.807, 2.05) is 38.1 Å². The van der Waals surface area contributed by atoms with E-state index in [1.165, 1.54) is 12.8 Å². The fourth-order valence-electron chi connectivity index (χ4n) is 3.45. The van der Waals surface area contributed by atoms with Gasteiger partial charge in [-0.15, -0.1) is 11.6 Å². The molecule has 3 aromatic rings. The predicted octanol–water partition coefficient (Wildman–Crippen LogP) is 7.70. The summed E-state index contributed by atoms with van der Waals surface area (Å²) in [6.07, 6.45) is 4.60. The molecule has 0 aliphatic rings. The molecule has 0 bridgehead atoms. The van der Waals surface area contributed by atoms with Gasteiger partial charge < -0.3 is 14.2 Å². The number of unbranched alkanes of at least 4 members (excludes halogenated alkanes) is 3. The van der Waals surface area contributed by atoms with Crippen LogP contribution >= 0.6 is 11.6 Å². The fourth-order valence-corrected chi connectivity index (χ4v) is 3.49. The highest BCUT2D eigenvalue weighted by molar-refractivity contribution is 6.30. The summed E-state index contributed by atoms with van der Waals surface area (Å²) in [6.45, 7) is 6.59. The Morgan fingerprint density at radius 2 is 1.25 bits per heavy atom. The molecule has 36 heavy (non-hydrogen) atoms. The van der Waals surface area contributed by atoms with Crippen LogP contribution in [0.15, 0.2) is 72.8 Å². The van der Waals surface area contributed by atoms with E-state index in [0.717, 1.165) is 29.7 Å². The number of esters is 2. The van der Waals surface area contributed by atoms with Gasteiger partial charge in [0.25, 0.3) is 0 Å². The minimum absolute atomic E-state index is 0.00969. The molecule has 6 heteroatoms. The van der Waals surface area contributed by atoms with Crippen molar-refractivity contribution in [1.82, 2.24) is 0 Å². The number of carbonyl (C=O) groups is 2. The summed E-state index contributed by atoms with van der Waals surface area (Å²) in [6, 6.07) is 21.4. The molecule has 1 atom stereocenters. The molecule has 0 fully saturated rings. The van der Waals surface area contributed by atoms with Crippen molar-refractivity contribution in [3.05, 3.63) is 78.4 Å². The van der Waals surface area contributed by atoms with Crippen molar-refractivity contribution in [2.24, 2.45) is 5.92 Å². The van der Waals surface area contributed by atoms with Crippen molar-refractivity contribution < 1.29 is 23.8 Å². The van der Waals surface area contributed by atoms with E-state index in [1.54, 1.807) is 48.5 Å². The maximum atomic E-state index is 12.5. The highest BCUT2D eigenvalue weighted by atomic mass is 35.5. The van der Waals surface area contributed by atoms with E-state index in [9.17, 15) is 9.59 Å². The summed E-state index contributed by atoms with van der Waals surface area (Å²) in [5.74, 6) is 0.735. The third-order valence-electron chi connectivity index (χ3n) is 5.64. The van der Waals surface area contributed by atoms with Crippen LogP contribution in [0.1, 0.15) is 56.8 Å². The molecular weight excluding hydrogens is 476 g/mol. The predicted molar refractivity (Wildman–Crippen MR) is 143 cm³/mol. The number of hydrogen-bond acceptors (Lipinski definition) is 5. The van der Waals surface area contributed by atoms with E-state index >= 15 is 0 Å². The topological polar surface area (TPSA) is 61.8 Å². The van der Waals surface area contributed by atoms with Gasteiger partial charge in [-0.2, -0.15) is 0 Å². The van der Waals surface area contributed by atoms with Gasteiger partial charge in [-0.3, -0.25) is 4.79 Å². The summed E-state index contributed by atoms with van der Waals surface area (Å²) in [7, 11) is 0. The number of carbonyl (C=O) groups excluding carboxylic acids is 2. The molecule has 5 nitrogen and oxygen atoms in total. The van der Waals surface area contributed by atoms with E-state index in [4.69, 9.17) is 25.8 Å². The zero-order chi connectivity index (χ0) is 25.9. The molecule has 0 radical (unpaired) electrons. The molecule has 0 aromatic heterocycles. The molecule has 0 spiro atoms. The second-order valence-electron chi connectivity index (χ2n) is 8.94. The molecule has 0 unspecified atom stereocenters. The van der Waals surface area contributed by atoms with Crippen molar-refractivity contribution in [1.29, 1.82) is 0 Å². The molecule has 0 saturated carbocycles. The van der Waals surface area contributed by atoms with Gasteiger partial charge in [-0.25, -0.2) is 4.79 Å². The Balaban J connectivity index is 1.52.